The van der Waals surface area contributed by atoms with E-state index in [1.54, 1.807) is 30.3 Å². The van der Waals surface area contributed by atoms with Crippen molar-refractivity contribution in [1.82, 2.24) is 19.8 Å². The minimum atomic E-state index is -4.27. The standard InChI is InChI=1S/C16H12ClN5O5S/c17-13-7-6-12(8-14(13)22(24)25)28(26,27)20-19-16(23)15-9-18-10-21(15)11-4-2-1-3-5-11/h1-10,20H,(H,19,23). The van der Waals surface area contributed by atoms with E-state index in [-0.39, 0.29) is 10.7 Å². The number of nitro groups is 1. The summed E-state index contributed by atoms with van der Waals surface area (Å²) >= 11 is 5.68. The molecule has 0 spiro atoms. The third-order valence-electron chi connectivity index (χ3n) is 3.63. The number of amides is 1. The average Bonchev–Trinajstić information content (AvgIpc) is 3.17. The highest BCUT2D eigenvalue weighted by atomic mass is 35.5. The molecule has 0 aliphatic rings. The Bertz CT molecular complexity index is 1150. The van der Waals surface area contributed by atoms with Crippen LogP contribution in [0.4, 0.5) is 5.69 Å². The first kappa shape index (κ1) is 19.5. The van der Waals surface area contributed by atoms with Crippen LogP contribution in [0.5, 0.6) is 0 Å². The Balaban J connectivity index is 1.79. The van der Waals surface area contributed by atoms with Gasteiger partial charge in [-0.15, -0.1) is 4.83 Å². The van der Waals surface area contributed by atoms with Gasteiger partial charge in [-0.1, -0.05) is 29.8 Å². The number of para-hydroxylation sites is 1. The molecule has 10 nitrogen and oxygen atoms in total. The van der Waals surface area contributed by atoms with Crippen LogP contribution in [0.25, 0.3) is 5.69 Å². The third-order valence-corrected chi connectivity index (χ3v) is 5.19. The zero-order valence-corrected chi connectivity index (χ0v) is 15.5. The molecule has 0 bridgehead atoms. The van der Waals surface area contributed by atoms with Crippen LogP contribution in [0.2, 0.25) is 5.02 Å². The fourth-order valence-corrected chi connectivity index (χ4v) is 3.34. The minimum absolute atomic E-state index is 0.0796. The third kappa shape index (κ3) is 4.01. The van der Waals surface area contributed by atoms with E-state index in [0.29, 0.717) is 5.69 Å². The maximum absolute atomic E-state index is 12.4. The molecule has 3 rings (SSSR count). The second-order valence-electron chi connectivity index (χ2n) is 5.41. The summed E-state index contributed by atoms with van der Waals surface area (Å²) in [5.74, 6) is -0.770. The molecule has 28 heavy (non-hydrogen) atoms. The number of imidazole rings is 1. The van der Waals surface area contributed by atoms with E-state index >= 15 is 0 Å². The molecule has 0 saturated carbocycles. The second-order valence-corrected chi connectivity index (χ2v) is 7.50. The molecule has 0 unspecified atom stereocenters. The number of halogens is 1. The molecule has 144 valence electrons. The summed E-state index contributed by atoms with van der Waals surface area (Å²) in [7, 11) is -4.27. The number of hydrazine groups is 1. The Kier molecular flexibility index (Phi) is 5.40. The Morgan fingerprint density at radius 2 is 1.89 bits per heavy atom. The van der Waals surface area contributed by atoms with Gasteiger partial charge in [-0.05, 0) is 24.3 Å². The number of hydrogen-bond acceptors (Lipinski definition) is 6. The largest absolute Gasteiger partial charge is 0.295 e. The quantitative estimate of drug-likeness (QED) is 0.461. The van der Waals surface area contributed by atoms with Crippen LogP contribution >= 0.6 is 11.6 Å². The number of sulfonamides is 1. The molecule has 0 saturated heterocycles. The molecule has 0 atom stereocenters. The van der Waals surface area contributed by atoms with E-state index < -0.39 is 31.4 Å². The summed E-state index contributed by atoms with van der Waals surface area (Å²) in [5, 5.41) is 10.7. The van der Waals surface area contributed by atoms with Crippen LogP contribution < -0.4 is 10.3 Å². The molecule has 1 amide bonds. The Labute approximate surface area is 163 Å². The maximum atomic E-state index is 12.4. The van der Waals surface area contributed by atoms with Gasteiger partial charge in [-0.2, -0.15) is 0 Å². The van der Waals surface area contributed by atoms with Crippen molar-refractivity contribution in [3.05, 3.63) is 81.9 Å². The molecule has 0 aliphatic carbocycles. The van der Waals surface area contributed by atoms with Crippen molar-refractivity contribution in [1.29, 1.82) is 0 Å². The summed E-state index contributed by atoms with van der Waals surface area (Å²) in [4.78, 5) is 27.9. The van der Waals surface area contributed by atoms with Crippen LogP contribution in [0.15, 0.2) is 66.0 Å². The van der Waals surface area contributed by atoms with Crippen LogP contribution in [0.3, 0.4) is 0 Å². The highest BCUT2D eigenvalue weighted by Gasteiger charge is 2.22. The van der Waals surface area contributed by atoms with Crippen LogP contribution in [-0.4, -0.2) is 28.8 Å². The molecular weight excluding hydrogens is 410 g/mol. The topological polar surface area (TPSA) is 136 Å². The lowest BCUT2D eigenvalue weighted by molar-refractivity contribution is -0.384. The molecular formula is C16H12ClN5O5S. The first-order valence-electron chi connectivity index (χ1n) is 7.63. The summed E-state index contributed by atoms with van der Waals surface area (Å²) in [5.41, 5.74) is 2.22. The SMILES string of the molecule is O=C(NNS(=O)(=O)c1ccc(Cl)c([N+](=O)[O-])c1)c1cncn1-c1ccccc1. The minimum Gasteiger partial charge on any atom is -0.295 e. The first-order valence-corrected chi connectivity index (χ1v) is 9.49. The van der Waals surface area contributed by atoms with Crippen molar-refractivity contribution in [2.75, 3.05) is 0 Å². The fourth-order valence-electron chi connectivity index (χ4n) is 2.29. The van der Waals surface area contributed by atoms with E-state index in [9.17, 15) is 23.3 Å². The van der Waals surface area contributed by atoms with Gasteiger partial charge >= 0.3 is 0 Å². The highest BCUT2D eigenvalue weighted by Crippen LogP contribution is 2.26. The number of hydrogen-bond donors (Lipinski definition) is 2. The highest BCUT2D eigenvalue weighted by molar-refractivity contribution is 7.89. The lowest BCUT2D eigenvalue weighted by atomic mass is 10.3. The average molecular weight is 422 g/mol. The zero-order chi connectivity index (χ0) is 20.3. The second kappa shape index (κ2) is 7.76. The number of nitro benzene ring substituents is 1. The van der Waals surface area contributed by atoms with Gasteiger partial charge in [0, 0.05) is 11.8 Å². The van der Waals surface area contributed by atoms with Crippen molar-refractivity contribution >= 4 is 33.2 Å². The van der Waals surface area contributed by atoms with E-state index in [1.165, 1.54) is 17.1 Å². The molecule has 1 heterocycles. The van der Waals surface area contributed by atoms with Crippen molar-refractivity contribution < 1.29 is 18.1 Å². The number of nitrogens with zero attached hydrogens (tertiary/aromatic N) is 3. The van der Waals surface area contributed by atoms with Gasteiger partial charge in [-0.3, -0.25) is 24.9 Å². The summed E-state index contributed by atoms with van der Waals surface area (Å²) in [6.07, 6.45) is 2.67. The van der Waals surface area contributed by atoms with E-state index in [4.69, 9.17) is 11.6 Å². The van der Waals surface area contributed by atoms with Gasteiger partial charge in [0.1, 0.15) is 10.7 Å². The van der Waals surface area contributed by atoms with Gasteiger partial charge in [0.15, 0.2) is 0 Å². The Morgan fingerprint density at radius 1 is 1.18 bits per heavy atom. The zero-order valence-electron chi connectivity index (χ0n) is 13.9. The first-order chi connectivity index (χ1) is 13.3. The molecule has 3 aromatic rings. The Hall–Kier alpha value is -3.28. The van der Waals surface area contributed by atoms with Crippen molar-refractivity contribution in [3.63, 3.8) is 0 Å². The van der Waals surface area contributed by atoms with Crippen molar-refractivity contribution in [3.8, 4) is 5.69 Å². The molecule has 0 radical (unpaired) electrons. The van der Waals surface area contributed by atoms with Gasteiger partial charge < -0.3 is 0 Å². The molecule has 2 aromatic carbocycles. The van der Waals surface area contributed by atoms with Gasteiger partial charge in [0.2, 0.25) is 0 Å². The number of benzene rings is 2. The van der Waals surface area contributed by atoms with E-state index in [2.05, 4.69) is 10.4 Å². The van der Waals surface area contributed by atoms with E-state index in [0.717, 1.165) is 18.2 Å². The number of carbonyl (C=O) groups excluding carboxylic acids is 1. The monoisotopic (exact) mass is 421 g/mol. The van der Waals surface area contributed by atoms with Crippen LogP contribution in [0.1, 0.15) is 10.5 Å². The van der Waals surface area contributed by atoms with E-state index in [1.807, 2.05) is 4.83 Å². The lowest BCUT2D eigenvalue weighted by Gasteiger charge is -2.10. The molecule has 1 aromatic heterocycles. The lowest BCUT2D eigenvalue weighted by Crippen LogP contribution is -2.42. The summed E-state index contributed by atoms with van der Waals surface area (Å²) in [6, 6.07) is 11.8. The predicted octanol–water partition coefficient (Wildman–Crippen LogP) is 2.06. The number of aromatic nitrogens is 2. The van der Waals surface area contributed by atoms with Crippen molar-refractivity contribution in [2.45, 2.75) is 4.90 Å². The van der Waals surface area contributed by atoms with Crippen molar-refractivity contribution in [2.24, 2.45) is 0 Å². The van der Waals surface area contributed by atoms with Gasteiger partial charge in [0.25, 0.3) is 21.6 Å². The number of carbonyl (C=O) groups is 1. The summed E-state index contributed by atoms with van der Waals surface area (Å²) in [6.45, 7) is 0. The molecule has 0 aliphatic heterocycles. The summed E-state index contributed by atoms with van der Waals surface area (Å²) < 4.78 is 26.1. The number of nitrogens with one attached hydrogen (secondary N) is 2. The predicted molar refractivity (Wildman–Crippen MR) is 99.5 cm³/mol. The Morgan fingerprint density at radius 3 is 2.57 bits per heavy atom. The molecule has 12 heteroatoms. The van der Waals surface area contributed by atoms with Gasteiger partial charge in [-0.25, -0.2) is 13.4 Å². The van der Waals surface area contributed by atoms with Crippen LogP contribution in [-0.2, 0) is 10.0 Å². The molecule has 2 N–H and O–H groups in total. The number of rotatable bonds is 6. The smallest absolute Gasteiger partial charge is 0.289 e. The fraction of sp³-hybridized carbons (Fsp3) is 0. The maximum Gasteiger partial charge on any atom is 0.289 e. The normalized spacial score (nSPS) is 11.2. The molecule has 0 fully saturated rings. The van der Waals surface area contributed by atoms with Crippen LogP contribution in [0, 0.1) is 10.1 Å². The van der Waals surface area contributed by atoms with Gasteiger partial charge in [0.05, 0.1) is 22.3 Å².